The van der Waals surface area contributed by atoms with Crippen LogP contribution in [0.4, 0.5) is 8.78 Å². The average molecular weight is 293 g/mol. The molecule has 0 N–H and O–H groups in total. The van der Waals surface area contributed by atoms with Crippen LogP contribution >= 0.6 is 10.7 Å². The van der Waals surface area contributed by atoms with Gasteiger partial charge in [0.1, 0.15) is 5.75 Å². The molecule has 18 heavy (non-hydrogen) atoms. The Balaban J connectivity index is 2.74. The second-order valence-electron chi connectivity index (χ2n) is 3.42. The van der Waals surface area contributed by atoms with Crippen molar-refractivity contribution in [1.29, 1.82) is 0 Å². The molecule has 0 aliphatic heterocycles. The molecule has 7 heteroatoms. The lowest BCUT2D eigenvalue weighted by Crippen LogP contribution is -2.03. The predicted molar refractivity (Wildman–Crippen MR) is 63.6 cm³/mol. The normalized spacial score (nSPS) is 12.0. The van der Waals surface area contributed by atoms with Crippen LogP contribution in [0.3, 0.4) is 0 Å². The number of hydrogen-bond donors (Lipinski definition) is 0. The highest BCUT2D eigenvalue weighted by atomic mass is 35.7. The van der Waals surface area contributed by atoms with Gasteiger partial charge in [-0.05, 0) is 12.1 Å². The Labute approximate surface area is 106 Å². The van der Waals surface area contributed by atoms with Gasteiger partial charge in [0.15, 0.2) is 0 Å². The summed E-state index contributed by atoms with van der Waals surface area (Å²) in [5, 5.41) is 0.505. The summed E-state index contributed by atoms with van der Waals surface area (Å²) in [6, 6.07) is 8.43. The zero-order valence-corrected chi connectivity index (χ0v) is 10.4. The summed E-state index contributed by atoms with van der Waals surface area (Å²) in [5.74, 6) is -0.0929. The zero-order chi connectivity index (χ0) is 13.3. The number of benzene rings is 2. The topological polar surface area (TPSA) is 43.4 Å². The fourth-order valence-electron chi connectivity index (χ4n) is 1.66. The molecule has 0 radical (unpaired) electrons. The van der Waals surface area contributed by atoms with Crippen molar-refractivity contribution in [2.24, 2.45) is 0 Å². The molecule has 0 aliphatic carbocycles. The summed E-state index contributed by atoms with van der Waals surface area (Å²) in [5.41, 5.74) is 0. The van der Waals surface area contributed by atoms with E-state index in [9.17, 15) is 17.2 Å². The van der Waals surface area contributed by atoms with E-state index in [1.165, 1.54) is 12.1 Å². The van der Waals surface area contributed by atoms with Gasteiger partial charge in [0.25, 0.3) is 9.05 Å². The lowest BCUT2D eigenvalue weighted by atomic mass is 10.1. The smallest absolute Gasteiger partial charge is 0.387 e. The van der Waals surface area contributed by atoms with E-state index in [1.54, 1.807) is 12.1 Å². The molecular formula is C11H7ClF2O3S. The van der Waals surface area contributed by atoms with E-state index < -0.39 is 15.7 Å². The summed E-state index contributed by atoms with van der Waals surface area (Å²) in [4.78, 5) is -0.138. The molecule has 96 valence electrons. The first-order chi connectivity index (χ1) is 8.39. The van der Waals surface area contributed by atoms with Crippen LogP contribution < -0.4 is 4.74 Å². The standard InChI is InChI=1S/C11H7ClF2O3S/c12-18(15,16)10-6-5-9(17-11(13)14)7-3-1-2-4-8(7)10/h1-6,11H. The molecule has 0 spiro atoms. The van der Waals surface area contributed by atoms with E-state index in [1.807, 2.05) is 0 Å². The van der Waals surface area contributed by atoms with Gasteiger partial charge in [0, 0.05) is 21.5 Å². The highest BCUT2D eigenvalue weighted by Gasteiger charge is 2.17. The third-order valence-corrected chi connectivity index (χ3v) is 3.70. The van der Waals surface area contributed by atoms with Crippen LogP contribution in [0.25, 0.3) is 10.8 Å². The van der Waals surface area contributed by atoms with Crippen LogP contribution in [0.1, 0.15) is 0 Å². The van der Waals surface area contributed by atoms with Crippen LogP contribution in [0, 0.1) is 0 Å². The highest BCUT2D eigenvalue weighted by Crippen LogP contribution is 2.33. The first-order valence-corrected chi connectivity index (χ1v) is 7.12. The van der Waals surface area contributed by atoms with Crippen LogP contribution in [-0.4, -0.2) is 15.0 Å². The Kier molecular flexibility index (Phi) is 3.41. The minimum atomic E-state index is -3.95. The van der Waals surface area contributed by atoms with Crippen LogP contribution in [0.15, 0.2) is 41.3 Å². The van der Waals surface area contributed by atoms with Crippen molar-refractivity contribution in [2.45, 2.75) is 11.5 Å². The molecule has 0 atom stereocenters. The molecule has 2 aromatic carbocycles. The Bertz CT molecular complexity index is 686. The van der Waals surface area contributed by atoms with Crippen molar-refractivity contribution >= 4 is 30.5 Å². The van der Waals surface area contributed by atoms with Gasteiger partial charge in [0.05, 0.1) is 4.90 Å². The number of hydrogen-bond acceptors (Lipinski definition) is 3. The first kappa shape index (κ1) is 13.0. The van der Waals surface area contributed by atoms with Gasteiger partial charge in [-0.15, -0.1) is 0 Å². The number of rotatable bonds is 3. The van der Waals surface area contributed by atoms with Crippen LogP contribution in [0.2, 0.25) is 0 Å². The summed E-state index contributed by atoms with van der Waals surface area (Å²) in [6.45, 7) is -2.98. The second-order valence-corrected chi connectivity index (χ2v) is 5.96. The van der Waals surface area contributed by atoms with Gasteiger partial charge in [-0.3, -0.25) is 0 Å². The van der Waals surface area contributed by atoms with Crippen molar-refractivity contribution in [3.63, 3.8) is 0 Å². The largest absolute Gasteiger partial charge is 0.434 e. The number of fused-ring (bicyclic) bond motifs is 1. The summed E-state index contributed by atoms with van der Waals surface area (Å²) >= 11 is 0. The molecule has 2 rings (SSSR count). The monoisotopic (exact) mass is 292 g/mol. The summed E-state index contributed by atoms with van der Waals surface area (Å²) in [6.07, 6.45) is 0. The molecular weight excluding hydrogens is 286 g/mol. The molecule has 3 nitrogen and oxygen atoms in total. The number of ether oxygens (including phenoxy) is 1. The number of alkyl halides is 2. The molecule has 0 saturated heterocycles. The van der Waals surface area contributed by atoms with E-state index in [-0.39, 0.29) is 21.4 Å². The van der Waals surface area contributed by atoms with Gasteiger partial charge < -0.3 is 4.74 Å². The fourth-order valence-corrected chi connectivity index (χ4v) is 2.73. The van der Waals surface area contributed by atoms with Crippen LogP contribution in [-0.2, 0) is 9.05 Å². The van der Waals surface area contributed by atoms with E-state index in [2.05, 4.69) is 4.74 Å². The maximum absolute atomic E-state index is 12.2. The van der Waals surface area contributed by atoms with Crippen LogP contribution in [0.5, 0.6) is 5.75 Å². The van der Waals surface area contributed by atoms with E-state index in [4.69, 9.17) is 10.7 Å². The number of halogens is 3. The Morgan fingerprint density at radius 1 is 1.06 bits per heavy atom. The molecule has 0 aliphatic rings. The summed E-state index contributed by atoms with van der Waals surface area (Å²) < 4.78 is 51.5. The van der Waals surface area contributed by atoms with Crippen molar-refractivity contribution in [3.8, 4) is 5.75 Å². The Morgan fingerprint density at radius 3 is 2.22 bits per heavy atom. The SMILES string of the molecule is O=S(=O)(Cl)c1ccc(OC(F)F)c2ccccc12. The maximum Gasteiger partial charge on any atom is 0.387 e. The lowest BCUT2D eigenvalue weighted by molar-refractivity contribution is -0.0488. The van der Waals surface area contributed by atoms with Crippen molar-refractivity contribution in [1.82, 2.24) is 0 Å². The van der Waals surface area contributed by atoms with E-state index in [0.29, 0.717) is 0 Å². The van der Waals surface area contributed by atoms with Gasteiger partial charge in [0.2, 0.25) is 0 Å². The molecule has 0 unspecified atom stereocenters. The second kappa shape index (κ2) is 4.70. The van der Waals surface area contributed by atoms with Crippen molar-refractivity contribution in [3.05, 3.63) is 36.4 Å². The quantitative estimate of drug-likeness (QED) is 0.815. The third kappa shape index (κ3) is 2.54. The van der Waals surface area contributed by atoms with Gasteiger partial charge >= 0.3 is 6.61 Å². The summed E-state index contributed by atoms with van der Waals surface area (Å²) in [7, 11) is 1.33. The van der Waals surface area contributed by atoms with Gasteiger partial charge in [-0.25, -0.2) is 8.42 Å². The molecule has 2 aromatic rings. The van der Waals surface area contributed by atoms with E-state index in [0.717, 1.165) is 12.1 Å². The minimum Gasteiger partial charge on any atom is -0.434 e. The van der Waals surface area contributed by atoms with Crippen molar-refractivity contribution < 1.29 is 21.9 Å². The average Bonchev–Trinajstić information content (AvgIpc) is 2.27. The van der Waals surface area contributed by atoms with Gasteiger partial charge in [-0.1, -0.05) is 24.3 Å². The molecule has 0 amide bonds. The fraction of sp³-hybridized carbons (Fsp3) is 0.0909. The van der Waals surface area contributed by atoms with E-state index >= 15 is 0 Å². The molecule has 0 heterocycles. The lowest BCUT2D eigenvalue weighted by Gasteiger charge is -2.10. The minimum absolute atomic E-state index is 0.0929. The van der Waals surface area contributed by atoms with Gasteiger partial charge in [-0.2, -0.15) is 8.78 Å². The highest BCUT2D eigenvalue weighted by molar-refractivity contribution is 8.14. The zero-order valence-electron chi connectivity index (χ0n) is 8.81. The first-order valence-electron chi connectivity index (χ1n) is 4.81. The Morgan fingerprint density at radius 2 is 1.67 bits per heavy atom. The molecule has 0 saturated carbocycles. The molecule has 0 fully saturated rings. The Hall–Kier alpha value is -1.40. The van der Waals surface area contributed by atoms with Crippen molar-refractivity contribution in [2.75, 3.05) is 0 Å². The molecule has 0 aromatic heterocycles. The predicted octanol–water partition coefficient (Wildman–Crippen LogP) is 3.37. The maximum atomic E-state index is 12.2. The third-order valence-electron chi connectivity index (χ3n) is 2.32. The molecule has 0 bridgehead atoms.